The van der Waals surface area contributed by atoms with Crippen molar-refractivity contribution in [2.24, 2.45) is 23.5 Å². The molecule has 7 N–H and O–H groups in total. The van der Waals surface area contributed by atoms with E-state index in [1.165, 1.54) is 0 Å². The standard InChI is InChI=1S/C41H64N6O5/c1-9-28(8)38(41(52)43-31(10-2)11-3)46-36(49)25-32(42)33(23-29-18-14-12-15-19-29)45-40(51)37(27(6)7)47-39(50)34(22-26(4)5)44-35(48)24-30-20-16-13-17-21-30/h12-21,26-28,31-34,37-38H,9-11,22-25,42H2,1-8H3,(H,43,52)(H,44,48)(H,45,51)(H,46,49)(H,47,50)/t28-,32-,33-,34-,37?,38-/m0/s1. The molecule has 0 aromatic heterocycles. The number of nitrogens with one attached hydrogen (secondary N) is 5. The molecule has 0 spiro atoms. The highest BCUT2D eigenvalue weighted by Crippen LogP contribution is 2.14. The second-order valence-electron chi connectivity index (χ2n) is 14.8. The van der Waals surface area contributed by atoms with Gasteiger partial charge in [0.15, 0.2) is 0 Å². The summed E-state index contributed by atoms with van der Waals surface area (Å²) in [6, 6.07) is 14.8. The molecule has 0 radical (unpaired) electrons. The number of rotatable bonds is 22. The molecule has 0 aliphatic rings. The lowest BCUT2D eigenvalue weighted by atomic mass is 9.94. The first kappa shape index (κ1) is 43.9. The zero-order valence-electron chi connectivity index (χ0n) is 32.5. The first-order chi connectivity index (χ1) is 24.7. The molecule has 1 unspecified atom stereocenters. The van der Waals surface area contributed by atoms with Crippen molar-refractivity contribution in [2.75, 3.05) is 0 Å². The van der Waals surface area contributed by atoms with E-state index in [2.05, 4.69) is 26.6 Å². The zero-order valence-corrected chi connectivity index (χ0v) is 32.5. The van der Waals surface area contributed by atoms with Crippen molar-refractivity contribution in [3.8, 4) is 0 Å². The summed E-state index contributed by atoms with van der Waals surface area (Å²) in [6.07, 6.45) is 2.99. The van der Waals surface area contributed by atoms with Gasteiger partial charge in [-0.2, -0.15) is 0 Å². The van der Waals surface area contributed by atoms with Crippen LogP contribution in [0.1, 0.15) is 98.6 Å². The Balaban J connectivity index is 2.23. The van der Waals surface area contributed by atoms with Crippen LogP contribution < -0.4 is 32.3 Å². The molecular weight excluding hydrogens is 656 g/mol. The summed E-state index contributed by atoms with van der Waals surface area (Å²) < 4.78 is 0. The van der Waals surface area contributed by atoms with Gasteiger partial charge in [-0.05, 0) is 54.6 Å². The van der Waals surface area contributed by atoms with E-state index in [9.17, 15) is 24.0 Å². The summed E-state index contributed by atoms with van der Waals surface area (Å²) in [6.45, 7) is 15.5. The number of hydrogen-bond acceptors (Lipinski definition) is 6. The molecule has 0 fully saturated rings. The van der Waals surface area contributed by atoms with Crippen LogP contribution in [0.3, 0.4) is 0 Å². The van der Waals surface area contributed by atoms with Crippen LogP contribution in [0.5, 0.6) is 0 Å². The average Bonchev–Trinajstić information content (AvgIpc) is 3.11. The molecule has 0 aliphatic heterocycles. The first-order valence-corrected chi connectivity index (χ1v) is 19.0. The van der Waals surface area contributed by atoms with E-state index in [-0.39, 0.29) is 54.4 Å². The summed E-state index contributed by atoms with van der Waals surface area (Å²) in [4.78, 5) is 67.2. The Morgan fingerprint density at radius 1 is 0.615 bits per heavy atom. The molecule has 11 heteroatoms. The van der Waals surface area contributed by atoms with Crippen LogP contribution >= 0.6 is 0 Å². The fourth-order valence-corrected chi connectivity index (χ4v) is 6.04. The second-order valence-corrected chi connectivity index (χ2v) is 14.8. The van der Waals surface area contributed by atoms with Crippen molar-refractivity contribution in [3.63, 3.8) is 0 Å². The van der Waals surface area contributed by atoms with Crippen LogP contribution in [-0.2, 0) is 36.8 Å². The Labute approximate surface area is 311 Å². The van der Waals surface area contributed by atoms with E-state index < -0.39 is 42.0 Å². The molecule has 6 atom stereocenters. The van der Waals surface area contributed by atoms with Crippen LogP contribution in [-0.4, -0.2) is 65.8 Å². The maximum absolute atomic E-state index is 14.0. The van der Waals surface area contributed by atoms with Gasteiger partial charge in [-0.15, -0.1) is 0 Å². The number of nitrogens with two attached hydrogens (primary N) is 1. The van der Waals surface area contributed by atoms with Gasteiger partial charge in [-0.25, -0.2) is 0 Å². The van der Waals surface area contributed by atoms with Gasteiger partial charge in [0, 0.05) is 24.5 Å². The molecule has 288 valence electrons. The molecule has 2 rings (SSSR count). The fourth-order valence-electron chi connectivity index (χ4n) is 6.04. The van der Waals surface area contributed by atoms with Crippen LogP contribution in [0.15, 0.2) is 60.7 Å². The Hall–Kier alpha value is -4.25. The van der Waals surface area contributed by atoms with Crippen LogP contribution in [0.4, 0.5) is 0 Å². The van der Waals surface area contributed by atoms with Gasteiger partial charge in [0.25, 0.3) is 0 Å². The fraction of sp³-hybridized carbons (Fsp3) is 0.585. The predicted molar refractivity (Wildman–Crippen MR) is 207 cm³/mol. The molecule has 0 aliphatic carbocycles. The van der Waals surface area contributed by atoms with Crippen molar-refractivity contribution < 1.29 is 24.0 Å². The van der Waals surface area contributed by atoms with E-state index in [0.29, 0.717) is 19.3 Å². The van der Waals surface area contributed by atoms with Gasteiger partial charge in [0.2, 0.25) is 29.5 Å². The van der Waals surface area contributed by atoms with Crippen LogP contribution in [0.2, 0.25) is 0 Å². The van der Waals surface area contributed by atoms with Crippen molar-refractivity contribution in [3.05, 3.63) is 71.8 Å². The van der Waals surface area contributed by atoms with Crippen molar-refractivity contribution >= 4 is 29.5 Å². The quantitative estimate of drug-likeness (QED) is 0.107. The zero-order chi connectivity index (χ0) is 38.8. The van der Waals surface area contributed by atoms with E-state index in [0.717, 1.165) is 24.0 Å². The molecule has 0 bridgehead atoms. The van der Waals surface area contributed by atoms with Gasteiger partial charge in [-0.3, -0.25) is 24.0 Å². The smallest absolute Gasteiger partial charge is 0.243 e. The van der Waals surface area contributed by atoms with Gasteiger partial charge in [0.05, 0.1) is 6.42 Å². The highest BCUT2D eigenvalue weighted by Gasteiger charge is 2.33. The Morgan fingerprint density at radius 3 is 1.69 bits per heavy atom. The largest absolute Gasteiger partial charge is 0.352 e. The highest BCUT2D eigenvalue weighted by molar-refractivity contribution is 5.93. The normalized spacial score (nSPS) is 14.8. The van der Waals surface area contributed by atoms with Crippen LogP contribution in [0.25, 0.3) is 0 Å². The Bertz CT molecular complexity index is 1400. The summed E-state index contributed by atoms with van der Waals surface area (Å²) in [5.74, 6) is -2.09. The van der Waals surface area contributed by atoms with E-state index in [1.807, 2.05) is 116 Å². The van der Waals surface area contributed by atoms with Gasteiger partial charge < -0.3 is 32.3 Å². The van der Waals surface area contributed by atoms with E-state index in [1.54, 1.807) is 0 Å². The second kappa shape index (κ2) is 22.6. The summed E-state index contributed by atoms with van der Waals surface area (Å²) in [5, 5.41) is 14.8. The highest BCUT2D eigenvalue weighted by atomic mass is 16.2. The molecular formula is C41H64N6O5. The lowest BCUT2D eigenvalue weighted by Crippen LogP contribution is -2.59. The van der Waals surface area contributed by atoms with Gasteiger partial charge in [0.1, 0.15) is 18.1 Å². The van der Waals surface area contributed by atoms with E-state index >= 15 is 0 Å². The van der Waals surface area contributed by atoms with E-state index in [4.69, 9.17) is 5.73 Å². The minimum atomic E-state index is -0.934. The molecule has 2 aromatic rings. The third-order valence-corrected chi connectivity index (χ3v) is 9.52. The summed E-state index contributed by atoms with van der Waals surface area (Å²) >= 11 is 0. The maximum atomic E-state index is 14.0. The number of hydrogen-bond donors (Lipinski definition) is 6. The van der Waals surface area contributed by atoms with Gasteiger partial charge in [-0.1, -0.05) is 122 Å². The third-order valence-electron chi connectivity index (χ3n) is 9.52. The average molecular weight is 721 g/mol. The monoisotopic (exact) mass is 720 g/mol. The Morgan fingerprint density at radius 2 is 1.17 bits per heavy atom. The molecule has 2 aromatic carbocycles. The summed E-state index contributed by atoms with van der Waals surface area (Å²) in [5.41, 5.74) is 8.43. The molecule has 0 saturated carbocycles. The SMILES string of the molecule is CCC(CC)NC(=O)[C@@H](NC(=O)C[C@H](N)[C@H](Cc1ccccc1)NC(=O)C(NC(=O)[C@H](CC(C)C)NC(=O)Cc1ccccc1)C(C)C)[C@@H](C)CC. The van der Waals surface area contributed by atoms with Crippen molar-refractivity contribution in [1.29, 1.82) is 0 Å². The van der Waals surface area contributed by atoms with Crippen LogP contribution in [0, 0.1) is 17.8 Å². The minimum Gasteiger partial charge on any atom is -0.352 e. The number of carbonyl (C=O) groups is 5. The number of carbonyl (C=O) groups excluding carboxylic acids is 5. The molecule has 11 nitrogen and oxygen atoms in total. The van der Waals surface area contributed by atoms with Crippen molar-refractivity contribution in [2.45, 2.75) is 137 Å². The lowest BCUT2D eigenvalue weighted by molar-refractivity contribution is -0.133. The van der Waals surface area contributed by atoms with Gasteiger partial charge >= 0.3 is 0 Å². The van der Waals surface area contributed by atoms with Crippen molar-refractivity contribution in [1.82, 2.24) is 26.6 Å². The number of benzene rings is 2. The maximum Gasteiger partial charge on any atom is 0.243 e. The molecule has 0 heterocycles. The summed E-state index contributed by atoms with van der Waals surface area (Å²) in [7, 11) is 0. The topological polar surface area (TPSA) is 172 Å². The minimum absolute atomic E-state index is 0.0179. The lowest BCUT2D eigenvalue weighted by Gasteiger charge is -2.31. The first-order valence-electron chi connectivity index (χ1n) is 19.0. The third kappa shape index (κ3) is 15.2. The Kier molecular flexibility index (Phi) is 19.1. The molecule has 52 heavy (non-hydrogen) atoms. The number of amides is 5. The predicted octanol–water partition coefficient (Wildman–Crippen LogP) is 4.18. The molecule has 0 saturated heterocycles. The molecule has 5 amide bonds.